The third-order valence-corrected chi connectivity index (χ3v) is 3.17. The molecule has 0 unspecified atom stereocenters. The Kier molecular flexibility index (Phi) is 9.37. The fraction of sp³-hybridized carbons (Fsp3) is 0.588. The second-order valence-corrected chi connectivity index (χ2v) is 4.95. The minimum Gasteiger partial charge on any atom is -0.434 e. The van der Waals surface area contributed by atoms with Crippen LogP contribution in [0.5, 0.6) is 0 Å². The van der Waals surface area contributed by atoms with E-state index in [0.717, 1.165) is 24.8 Å². The lowest BCUT2D eigenvalue weighted by molar-refractivity contribution is 0.0549. The third-order valence-electron chi connectivity index (χ3n) is 3.17. The van der Waals surface area contributed by atoms with Crippen molar-refractivity contribution >= 4 is 6.16 Å². The molecule has 0 radical (unpaired) electrons. The predicted octanol–water partition coefficient (Wildman–Crippen LogP) is 4.74. The maximum Gasteiger partial charge on any atom is 0.508 e. The maximum absolute atomic E-state index is 11.3. The van der Waals surface area contributed by atoms with Gasteiger partial charge in [-0.15, -0.1) is 0 Å². The molecule has 0 N–H and O–H groups in total. The Morgan fingerprint density at radius 2 is 1.55 bits per heavy atom. The Morgan fingerprint density at radius 3 is 2.30 bits per heavy atom. The molecule has 1 aromatic rings. The molecule has 0 spiro atoms. The van der Waals surface area contributed by atoms with Crippen LogP contribution in [0.4, 0.5) is 4.79 Å². The van der Waals surface area contributed by atoms with Gasteiger partial charge in [0.25, 0.3) is 0 Å². The molecule has 112 valence electrons. The monoisotopic (exact) mass is 278 g/mol. The first-order valence-corrected chi connectivity index (χ1v) is 7.66. The lowest BCUT2D eigenvalue weighted by atomic mass is 10.1. The van der Waals surface area contributed by atoms with Crippen molar-refractivity contribution in [3.63, 3.8) is 0 Å². The van der Waals surface area contributed by atoms with Crippen LogP contribution in [-0.4, -0.2) is 19.4 Å². The molecule has 0 bridgehead atoms. The van der Waals surface area contributed by atoms with E-state index < -0.39 is 6.16 Å². The van der Waals surface area contributed by atoms with Crippen molar-refractivity contribution in [2.45, 2.75) is 51.9 Å². The Morgan fingerprint density at radius 1 is 0.900 bits per heavy atom. The summed E-state index contributed by atoms with van der Waals surface area (Å²) >= 11 is 0. The fourth-order valence-corrected chi connectivity index (χ4v) is 1.98. The lowest BCUT2D eigenvalue weighted by Gasteiger charge is -2.06. The van der Waals surface area contributed by atoms with Crippen LogP contribution in [-0.2, 0) is 15.9 Å². The van der Waals surface area contributed by atoms with Crippen molar-refractivity contribution < 1.29 is 14.3 Å². The molecular weight excluding hydrogens is 252 g/mol. The number of ether oxygens (including phenoxy) is 2. The van der Waals surface area contributed by atoms with Crippen LogP contribution >= 0.6 is 0 Å². The van der Waals surface area contributed by atoms with E-state index in [-0.39, 0.29) is 0 Å². The highest BCUT2D eigenvalue weighted by molar-refractivity contribution is 5.59. The summed E-state index contributed by atoms with van der Waals surface area (Å²) in [5.41, 5.74) is 1.16. The van der Waals surface area contributed by atoms with Gasteiger partial charge in [-0.2, -0.15) is 0 Å². The molecule has 0 aliphatic heterocycles. The smallest absolute Gasteiger partial charge is 0.434 e. The van der Waals surface area contributed by atoms with Gasteiger partial charge in [0.2, 0.25) is 0 Å². The highest BCUT2D eigenvalue weighted by atomic mass is 16.7. The summed E-state index contributed by atoms with van der Waals surface area (Å²) in [7, 11) is 0. The van der Waals surface area contributed by atoms with Crippen LogP contribution in [0.1, 0.15) is 51.0 Å². The molecule has 0 saturated heterocycles. The minimum absolute atomic E-state index is 0.374. The summed E-state index contributed by atoms with van der Waals surface area (Å²) in [5.74, 6) is 0. The van der Waals surface area contributed by atoms with Crippen molar-refractivity contribution in [1.29, 1.82) is 0 Å². The van der Waals surface area contributed by atoms with E-state index in [4.69, 9.17) is 9.47 Å². The molecule has 0 aliphatic rings. The zero-order valence-corrected chi connectivity index (χ0v) is 12.5. The first kappa shape index (κ1) is 16.5. The van der Waals surface area contributed by atoms with Gasteiger partial charge < -0.3 is 9.47 Å². The van der Waals surface area contributed by atoms with Gasteiger partial charge in [0.15, 0.2) is 0 Å². The van der Waals surface area contributed by atoms with Crippen LogP contribution < -0.4 is 0 Å². The number of benzene rings is 1. The largest absolute Gasteiger partial charge is 0.508 e. The predicted molar refractivity (Wildman–Crippen MR) is 80.8 cm³/mol. The molecule has 0 aromatic heterocycles. The van der Waals surface area contributed by atoms with E-state index in [0.29, 0.717) is 13.2 Å². The zero-order chi connectivity index (χ0) is 14.5. The van der Waals surface area contributed by atoms with E-state index in [9.17, 15) is 4.79 Å². The van der Waals surface area contributed by atoms with Gasteiger partial charge in [-0.25, -0.2) is 4.79 Å². The van der Waals surface area contributed by atoms with E-state index in [1.807, 2.05) is 30.3 Å². The Balaban J connectivity index is 1.93. The highest BCUT2D eigenvalue weighted by Gasteiger charge is 2.03. The molecule has 0 amide bonds. The van der Waals surface area contributed by atoms with Gasteiger partial charge in [0.1, 0.15) is 0 Å². The summed E-state index contributed by atoms with van der Waals surface area (Å²) in [6.45, 7) is 3.05. The van der Waals surface area contributed by atoms with Gasteiger partial charge in [-0.3, -0.25) is 0 Å². The SMILES string of the molecule is CCCCCCCCOC(=O)OCCc1ccccc1. The molecule has 0 heterocycles. The number of hydrogen-bond donors (Lipinski definition) is 0. The van der Waals surface area contributed by atoms with Crippen molar-refractivity contribution in [2.75, 3.05) is 13.2 Å². The van der Waals surface area contributed by atoms with Crippen molar-refractivity contribution in [3.05, 3.63) is 35.9 Å². The fourth-order valence-electron chi connectivity index (χ4n) is 1.98. The third kappa shape index (κ3) is 8.57. The summed E-state index contributed by atoms with van der Waals surface area (Å²) in [4.78, 5) is 11.3. The van der Waals surface area contributed by atoms with Gasteiger partial charge in [0.05, 0.1) is 13.2 Å². The Labute approximate surface area is 122 Å². The van der Waals surface area contributed by atoms with Crippen LogP contribution in [0, 0.1) is 0 Å². The van der Waals surface area contributed by atoms with Gasteiger partial charge in [-0.05, 0) is 12.0 Å². The molecule has 3 nitrogen and oxygen atoms in total. The topological polar surface area (TPSA) is 35.5 Å². The van der Waals surface area contributed by atoms with Gasteiger partial charge in [0, 0.05) is 6.42 Å². The minimum atomic E-state index is -0.547. The average molecular weight is 278 g/mol. The second kappa shape index (κ2) is 11.3. The summed E-state index contributed by atoms with van der Waals surface area (Å²) < 4.78 is 10.1. The zero-order valence-electron chi connectivity index (χ0n) is 12.5. The summed E-state index contributed by atoms with van der Waals surface area (Å²) in [6.07, 6.45) is 7.28. The maximum atomic E-state index is 11.3. The molecule has 0 fully saturated rings. The normalized spacial score (nSPS) is 10.2. The van der Waals surface area contributed by atoms with Crippen molar-refractivity contribution in [3.8, 4) is 0 Å². The Hall–Kier alpha value is -1.51. The van der Waals surface area contributed by atoms with Gasteiger partial charge >= 0.3 is 6.16 Å². The van der Waals surface area contributed by atoms with Crippen molar-refractivity contribution in [2.24, 2.45) is 0 Å². The lowest BCUT2D eigenvalue weighted by Crippen LogP contribution is -2.10. The molecular formula is C17H26O3. The van der Waals surface area contributed by atoms with E-state index in [2.05, 4.69) is 6.92 Å². The summed E-state index contributed by atoms with van der Waals surface area (Å²) in [5, 5.41) is 0. The van der Waals surface area contributed by atoms with Crippen LogP contribution in [0.25, 0.3) is 0 Å². The van der Waals surface area contributed by atoms with Gasteiger partial charge in [-0.1, -0.05) is 69.4 Å². The van der Waals surface area contributed by atoms with Crippen molar-refractivity contribution in [1.82, 2.24) is 0 Å². The molecule has 1 aromatic carbocycles. The van der Waals surface area contributed by atoms with E-state index >= 15 is 0 Å². The Bertz CT molecular complexity index is 349. The molecule has 0 atom stereocenters. The number of carbonyl (C=O) groups excluding carboxylic acids is 1. The number of carbonyl (C=O) groups is 1. The molecule has 0 saturated carbocycles. The average Bonchev–Trinajstić information content (AvgIpc) is 2.47. The van der Waals surface area contributed by atoms with E-state index in [1.54, 1.807) is 0 Å². The second-order valence-electron chi connectivity index (χ2n) is 4.95. The first-order valence-electron chi connectivity index (χ1n) is 7.66. The highest BCUT2D eigenvalue weighted by Crippen LogP contribution is 2.05. The summed E-state index contributed by atoms with van der Waals surface area (Å²) in [6, 6.07) is 9.97. The quantitative estimate of drug-likeness (QED) is 0.458. The molecule has 3 heteroatoms. The number of unbranched alkanes of at least 4 members (excludes halogenated alkanes) is 5. The van der Waals surface area contributed by atoms with E-state index in [1.165, 1.54) is 25.7 Å². The van der Waals surface area contributed by atoms with Crippen LogP contribution in [0.15, 0.2) is 30.3 Å². The van der Waals surface area contributed by atoms with Crippen LogP contribution in [0.2, 0.25) is 0 Å². The molecule has 0 aliphatic carbocycles. The molecule has 1 rings (SSSR count). The first-order chi connectivity index (χ1) is 9.83. The molecule has 20 heavy (non-hydrogen) atoms. The van der Waals surface area contributed by atoms with Crippen LogP contribution in [0.3, 0.4) is 0 Å². The number of hydrogen-bond acceptors (Lipinski definition) is 3. The standard InChI is InChI=1S/C17H26O3/c1-2-3-4-5-6-10-14-19-17(18)20-15-13-16-11-8-7-9-12-16/h7-9,11-12H,2-6,10,13-15H2,1H3. The number of rotatable bonds is 10.